The molecule has 2 aliphatic rings. The van der Waals surface area contributed by atoms with Crippen molar-refractivity contribution in [1.29, 1.82) is 0 Å². The molecule has 12 nitrogen and oxygen atoms in total. The van der Waals surface area contributed by atoms with Gasteiger partial charge >= 0.3 is 5.97 Å². The number of esters is 1. The zero-order chi connectivity index (χ0) is 42.5. The third-order valence-corrected chi connectivity index (χ3v) is 11.1. The molecule has 0 radical (unpaired) electrons. The molecule has 2 aliphatic heterocycles. The van der Waals surface area contributed by atoms with Gasteiger partial charge in [0.15, 0.2) is 0 Å². The molecule has 14 heteroatoms. The van der Waals surface area contributed by atoms with Crippen LogP contribution < -0.4 is 24.8 Å². The van der Waals surface area contributed by atoms with E-state index in [0.717, 1.165) is 22.3 Å². The second-order valence-electron chi connectivity index (χ2n) is 14.4. The predicted molar refractivity (Wildman–Crippen MR) is 228 cm³/mol. The number of amides is 3. The third kappa shape index (κ3) is 9.46. The smallest absolute Gasteiger partial charge is 0.328 e. The van der Waals surface area contributed by atoms with Crippen LogP contribution in [-0.4, -0.2) is 52.8 Å². The van der Waals surface area contributed by atoms with Crippen LogP contribution >= 0.6 is 23.2 Å². The summed E-state index contributed by atoms with van der Waals surface area (Å²) in [6, 6.07) is 33.1. The fourth-order valence-corrected chi connectivity index (χ4v) is 7.53. The highest BCUT2D eigenvalue weighted by molar-refractivity contribution is 6.42. The first-order chi connectivity index (χ1) is 29.6. The molecule has 1 aromatic heterocycles. The Balaban J connectivity index is 0.994. The molecular weight excluding hydrogens is 819 g/mol. The van der Waals surface area contributed by atoms with Crippen molar-refractivity contribution in [3.63, 3.8) is 0 Å². The molecule has 6 aromatic rings. The van der Waals surface area contributed by atoms with E-state index < -0.39 is 30.1 Å². The zero-order valence-corrected chi connectivity index (χ0v) is 34.2. The molecule has 1 unspecified atom stereocenters. The van der Waals surface area contributed by atoms with Crippen molar-refractivity contribution < 1.29 is 38.1 Å². The van der Waals surface area contributed by atoms with E-state index in [1.165, 1.54) is 12.0 Å². The number of hydrogen-bond acceptors (Lipinski definition) is 9. The highest BCUT2D eigenvalue weighted by atomic mass is 35.5. The van der Waals surface area contributed by atoms with Crippen molar-refractivity contribution in [1.82, 2.24) is 15.2 Å². The fraction of sp³-hybridized carbons (Fsp3) is 0.170. The Morgan fingerprint density at radius 3 is 2.26 bits per heavy atom. The van der Waals surface area contributed by atoms with E-state index in [1.807, 2.05) is 6.07 Å². The van der Waals surface area contributed by atoms with Crippen LogP contribution in [0.3, 0.4) is 0 Å². The number of aromatic nitrogens is 1. The van der Waals surface area contributed by atoms with E-state index in [2.05, 4.69) is 15.6 Å². The lowest BCUT2D eigenvalue weighted by Gasteiger charge is -2.38. The average molecular weight is 858 g/mol. The monoisotopic (exact) mass is 856 g/mol. The van der Waals surface area contributed by atoms with E-state index in [-0.39, 0.29) is 37.8 Å². The van der Waals surface area contributed by atoms with E-state index in [9.17, 15) is 19.2 Å². The first-order valence-corrected chi connectivity index (χ1v) is 20.1. The second-order valence-corrected chi connectivity index (χ2v) is 15.3. The number of rotatable bonds is 12. The van der Waals surface area contributed by atoms with Gasteiger partial charge < -0.3 is 34.5 Å². The largest absolute Gasteiger partial charge is 0.489 e. The van der Waals surface area contributed by atoms with Gasteiger partial charge in [0.2, 0.25) is 12.0 Å². The summed E-state index contributed by atoms with van der Waals surface area (Å²) in [5.74, 6) is 0.293. The Labute approximate surface area is 361 Å². The number of fused-ring (bicyclic) bond motifs is 2. The maximum atomic E-state index is 14.3. The molecule has 0 saturated carbocycles. The van der Waals surface area contributed by atoms with E-state index in [0.29, 0.717) is 49.9 Å². The fourth-order valence-electron chi connectivity index (χ4n) is 7.21. The van der Waals surface area contributed by atoms with E-state index in [1.54, 1.807) is 128 Å². The second kappa shape index (κ2) is 18.2. The molecule has 0 spiro atoms. The number of halogens is 2. The minimum absolute atomic E-state index is 0.0586. The molecule has 308 valence electrons. The van der Waals surface area contributed by atoms with Crippen LogP contribution in [0.1, 0.15) is 44.3 Å². The summed E-state index contributed by atoms with van der Waals surface area (Å²) >= 11 is 12.2. The topological polar surface area (TPSA) is 145 Å². The lowest BCUT2D eigenvalue weighted by Crippen LogP contribution is -2.56. The number of ether oxygens (including phenoxy) is 4. The zero-order valence-electron chi connectivity index (χ0n) is 32.7. The maximum absolute atomic E-state index is 14.3. The van der Waals surface area contributed by atoms with Crippen LogP contribution in [0, 0.1) is 0 Å². The minimum atomic E-state index is -1.06. The van der Waals surface area contributed by atoms with E-state index in [4.69, 9.17) is 42.1 Å². The van der Waals surface area contributed by atoms with Gasteiger partial charge in [-0.15, -0.1) is 0 Å². The molecule has 8 rings (SSSR count). The van der Waals surface area contributed by atoms with Gasteiger partial charge in [0.05, 0.1) is 22.8 Å². The molecular formula is C47H38Cl2N4O8. The van der Waals surface area contributed by atoms with Crippen molar-refractivity contribution in [3.8, 4) is 23.0 Å². The summed E-state index contributed by atoms with van der Waals surface area (Å²) in [5.41, 5.74) is 4.51. The van der Waals surface area contributed by atoms with Crippen LogP contribution in [0.5, 0.6) is 23.0 Å². The maximum Gasteiger partial charge on any atom is 0.328 e. The van der Waals surface area contributed by atoms with E-state index >= 15 is 0 Å². The van der Waals surface area contributed by atoms with Crippen molar-refractivity contribution >= 4 is 52.6 Å². The number of anilines is 1. The van der Waals surface area contributed by atoms with Crippen molar-refractivity contribution in [2.75, 3.05) is 12.4 Å². The van der Waals surface area contributed by atoms with Crippen LogP contribution in [0.4, 0.5) is 5.69 Å². The summed E-state index contributed by atoms with van der Waals surface area (Å²) in [6.45, 7) is 0.329. The summed E-state index contributed by atoms with van der Waals surface area (Å²) in [4.78, 5) is 60.5. The highest BCUT2D eigenvalue weighted by Gasteiger charge is 2.39. The third-order valence-electron chi connectivity index (χ3n) is 10.4. The Bertz CT molecular complexity index is 2580. The number of carbonyl (C=O) groups excluding carboxylic acids is 4. The molecule has 5 aromatic carbocycles. The predicted octanol–water partition coefficient (Wildman–Crippen LogP) is 8.30. The summed E-state index contributed by atoms with van der Waals surface area (Å²) in [5, 5.41) is 6.73. The number of carbonyl (C=O) groups is 4. The van der Waals surface area contributed by atoms with Crippen molar-refractivity contribution in [3.05, 3.63) is 177 Å². The molecule has 61 heavy (non-hydrogen) atoms. The number of hydrogen-bond donors (Lipinski definition) is 2. The van der Waals surface area contributed by atoms with Crippen LogP contribution in [0.2, 0.25) is 10.0 Å². The van der Waals surface area contributed by atoms with Gasteiger partial charge in [0.1, 0.15) is 41.7 Å². The lowest BCUT2D eigenvalue weighted by molar-refractivity contribution is -0.145. The van der Waals surface area contributed by atoms with Gasteiger partial charge in [-0.3, -0.25) is 19.4 Å². The molecule has 0 bridgehead atoms. The van der Waals surface area contributed by atoms with Gasteiger partial charge in [-0.1, -0.05) is 71.7 Å². The highest BCUT2D eigenvalue weighted by Crippen LogP contribution is 2.40. The van der Waals surface area contributed by atoms with Crippen LogP contribution in [0.15, 0.2) is 134 Å². The molecule has 3 heterocycles. The number of nitrogens with zero attached hydrogens (tertiary/aromatic N) is 2. The molecule has 0 saturated heterocycles. The normalized spacial score (nSPS) is 15.9. The van der Waals surface area contributed by atoms with Gasteiger partial charge in [-0.2, -0.15) is 0 Å². The Morgan fingerprint density at radius 1 is 0.836 bits per heavy atom. The summed E-state index contributed by atoms with van der Waals surface area (Å²) in [7, 11) is 1.25. The lowest BCUT2D eigenvalue weighted by atomic mass is 9.91. The molecule has 0 aliphatic carbocycles. The Kier molecular flexibility index (Phi) is 12.2. The molecule has 0 fully saturated rings. The number of nitrogens with one attached hydrogen (secondary N) is 2. The Morgan fingerprint density at radius 2 is 1.54 bits per heavy atom. The van der Waals surface area contributed by atoms with Crippen molar-refractivity contribution in [2.45, 2.75) is 44.2 Å². The van der Waals surface area contributed by atoms with Gasteiger partial charge in [0.25, 0.3) is 11.8 Å². The molecule has 3 atom stereocenters. The Hall–Kier alpha value is -6.89. The number of methoxy groups -OCH3 is 1. The van der Waals surface area contributed by atoms with Gasteiger partial charge in [-0.25, -0.2) is 4.79 Å². The standard InChI is InChI=1S/C47H38Cl2N4O8/c1-58-47(57)40(22-28-7-12-35(13-8-28)60-36-17-19-50-20-18-36)52-44(54)41-24-32-23-39-42(25-33(32)26-53(41)46(56)31-5-3-2-4-6-31)61-43(45(55)51-39)30-10-14-34(15-11-30)59-27-29-9-16-37(48)38(49)21-29/h2-21,23,25,40-41,43H,22,24,26-27H2,1H3,(H,51,55)(H,52,54)/t40?,41-,43-/m0/s1. The number of pyridine rings is 1. The SMILES string of the molecule is COC(=O)C(Cc1ccc(Oc2ccncc2)cc1)NC(=O)[C@@H]1Cc2cc3c(cc2CN1C(=O)c1ccccc1)O[C@@H](c1ccc(OCc2ccc(Cl)c(Cl)c2)cc1)C(=O)N3. The summed E-state index contributed by atoms with van der Waals surface area (Å²) < 4.78 is 23.2. The van der Waals surface area contributed by atoms with Crippen LogP contribution in [0.25, 0.3) is 0 Å². The quantitative estimate of drug-likeness (QED) is 0.116. The van der Waals surface area contributed by atoms with Crippen LogP contribution in [-0.2, 0) is 45.1 Å². The number of benzene rings is 5. The summed E-state index contributed by atoms with van der Waals surface area (Å²) in [6.07, 6.45) is 2.52. The first kappa shape index (κ1) is 40.9. The first-order valence-electron chi connectivity index (χ1n) is 19.3. The minimum Gasteiger partial charge on any atom is -0.489 e. The van der Waals surface area contributed by atoms with Gasteiger partial charge in [0, 0.05) is 42.9 Å². The molecule has 2 N–H and O–H groups in total. The van der Waals surface area contributed by atoms with Gasteiger partial charge in [-0.05, 0) is 95.1 Å². The molecule has 3 amide bonds. The average Bonchev–Trinajstić information content (AvgIpc) is 3.28. The van der Waals surface area contributed by atoms with Crippen molar-refractivity contribution in [2.24, 2.45) is 0 Å².